The SMILES string of the molecule is CC(C(O)Cc1cc(F)ccc1Br)C1CC1. The second-order valence-electron chi connectivity index (χ2n) is 4.70. The van der Waals surface area contributed by atoms with E-state index in [1.165, 1.54) is 25.0 Å². The van der Waals surface area contributed by atoms with E-state index in [9.17, 15) is 9.50 Å². The van der Waals surface area contributed by atoms with Gasteiger partial charge in [0.25, 0.3) is 0 Å². The predicted molar refractivity (Wildman–Crippen MR) is 65.7 cm³/mol. The van der Waals surface area contributed by atoms with Crippen molar-refractivity contribution in [2.24, 2.45) is 11.8 Å². The minimum Gasteiger partial charge on any atom is -0.392 e. The first-order chi connectivity index (χ1) is 7.58. The number of halogens is 2. The molecule has 1 aliphatic carbocycles. The largest absolute Gasteiger partial charge is 0.392 e. The summed E-state index contributed by atoms with van der Waals surface area (Å²) in [6, 6.07) is 4.61. The van der Waals surface area contributed by atoms with E-state index in [0.29, 0.717) is 18.3 Å². The van der Waals surface area contributed by atoms with Gasteiger partial charge >= 0.3 is 0 Å². The zero-order valence-electron chi connectivity index (χ0n) is 9.29. The Bertz CT molecular complexity index is 376. The van der Waals surface area contributed by atoms with Crippen LogP contribution in [0.15, 0.2) is 22.7 Å². The van der Waals surface area contributed by atoms with Crippen molar-refractivity contribution in [3.8, 4) is 0 Å². The highest BCUT2D eigenvalue weighted by atomic mass is 79.9. The van der Waals surface area contributed by atoms with Gasteiger partial charge in [0.15, 0.2) is 0 Å². The minimum atomic E-state index is -0.370. The zero-order chi connectivity index (χ0) is 11.7. The topological polar surface area (TPSA) is 20.2 Å². The smallest absolute Gasteiger partial charge is 0.123 e. The van der Waals surface area contributed by atoms with Crippen LogP contribution >= 0.6 is 15.9 Å². The third kappa shape index (κ3) is 2.83. The molecule has 1 saturated carbocycles. The molecule has 2 unspecified atom stereocenters. The van der Waals surface area contributed by atoms with Crippen LogP contribution in [0.5, 0.6) is 0 Å². The van der Waals surface area contributed by atoms with Gasteiger partial charge in [-0.1, -0.05) is 22.9 Å². The Morgan fingerprint density at radius 1 is 1.50 bits per heavy atom. The summed E-state index contributed by atoms with van der Waals surface area (Å²) in [5.41, 5.74) is 0.847. The quantitative estimate of drug-likeness (QED) is 0.898. The standard InChI is InChI=1S/C13H16BrFO/c1-8(9-2-3-9)13(16)7-10-6-11(15)4-5-12(10)14/h4-6,8-9,13,16H,2-3,7H2,1H3. The molecule has 0 heterocycles. The number of aliphatic hydroxyl groups excluding tert-OH is 1. The van der Waals surface area contributed by atoms with E-state index in [2.05, 4.69) is 22.9 Å². The Labute approximate surface area is 104 Å². The Morgan fingerprint density at radius 2 is 2.19 bits per heavy atom. The molecular formula is C13H16BrFO. The average molecular weight is 287 g/mol. The van der Waals surface area contributed by atoms with Gasteiger partial charge in [-0.15, -0.1) is 0 Å². The van der Waals surface area contributed by atoms with Crippen molar-refractivity contribution in [2.75, 3.05) is 0 Å². The van der Waals surface area contributed by atoms with Gasteiger partial charge in [-0.25, -0.2) is 4.39 Å². The van der Waals surface area contributed by atoms with Crippen LogP contribution in [-0.4, -0.2) is 11.2 Å². The highest BCUT2D eigenvalue weighted by Gasteiger charge is 2.32. The number of hydrogen-bond acceptors (Lipinski definition) is 1. The predicted octanol–water partition coefficient (Wildman–Crippen LogP) is 3.54. The van der Waals surface area contributed by atoms with Crippen molar-refractivity contribution < 1.29 is 9.50 Å². The van der Waals surface area contributed by atoms with E-state index < -0.39 is 0 Å². The third-order valence-electron chi connectivity index (χ3n) is 3.41. The number of rotatable bonds is 4. The summed E-state index contributed by atoms with van der Waals surface area (Å²) in [5, 5.41) is 10.1. The second kappa shape index (κ2) is 4.84. The van der Waals surface area contributed by atoms with Gasteiger partial charge < -0.3 is 5.11 Å². The van der Waals surface area contributed by atoms with Crippen LogP contribution in [0.2, 0.25) is 0 Å². The van der Waals surface area contributed by atoms with Gasteiger partial charge in [-0.3, -0.25) is 0 Å². The lowest BCUT2D eigenvalue weighted by Crippen LogP contribution is -2.22. The van der Waals surface area contributed by atoms with Gasteiger partial charge in [0.2, 0.25) is 0 Å². The van der Waals surface area contributed by atoms with Gasteiger partial charge in [0.05, 0.1) is 6.10 Å². The molecule has 1 nitrogen and oxygen atoms in total. The van der Waals surface area contributed by atoms with Gasteiger partial charge in [-0.05, 0) is 54.9 Å². The highest BCUT2D eigenvalue weighted by molar-refractivity contribution is 9.10. The summed E-state index contributed by atoms with van der Waals surface area (Å²) < 4.78 is 13.9. The summed E-state index contributed by atoms with van der Waals surface area (Å²) >= 11 is 3.38. The average Bonchev–Trinajstić information content (AvgIpc) is 3.06. The Morgan fingerprint density at radius 3 is 2.81 bits per heavy atom. The van der Waals surface area contributed by atoms with Crippen molar-refractivity contribution in [1.82, 2.24) is 0 Å². The van der Waals surface area contributed by atoms with Crippen molar-refractivity contribution in [3.63, 3.8) is 0 Å². The molecule has 0 aliphatic heterocycles. The highest BCUT2D eigenvalue weighted by Crippen LogP contribution is 2.39. The lowest BCUT2D eigenvalue weighted by Gasteiger charge is -2.19. The molecule has 3 heteroatoms. The fourth-order valence-electron chi connectivity index (χ4n) is 2.05. The Kier molecular flexibility index (Phi) is 3.65. The van der Waals surface area contributed by atoms with E-state index >= 15 is 0 Å². The zero-order valence-corrected chi connectivity index (χ0v) is 10.9. The van der Waals surface area contributed by atoms with Gasteiger partial charge in [-0.2, -0.15) is 0 Å². The lowest BCUT2D eigenvalue weighted by molar-refractivity contribution is 0.105. The molecule has 0 bridgehead atoms. The Balaban J connectivity index is 2.04. The molecule has 1 aromatic carbocycles. The normalized spacial score (nSPS) is 19.5. The molecule has 0 aromatic heterocycles. The molecule has 16 heavy (non-hydrogen) atoms. The van der Waals surface area contributed by atoms with E-state index in [0.717, 1.165) is 10.0 Å². The fraction of sp³-hybridized carbons (Fsp3) is 0.538. The number of aliphatic hydroxyl groups is 1. The summed E-state index contributed by atoms with van der Waals surface area (Å²) in [4.78, 5) is 0. The Hall–Kier alpha value is -0.410. The van der Waals surface area contributed by atoms with Crippen LogP contribution in [0.1, 0.15) is 25.3 Å². The van der Waals surface area contributed by atoms with Crippen LogP contribution in [-0.2, 0) is 6.42 Å². The van der Waals surface area contributed by atoms with Crippen LogP contribution in [0, 0.1) is 17.7 Å². The molecule has 2 atom stereocenters. The van der Waals surface area contributed by atoms with E-state index in [1.54, 1.807) is 6.07 Å². The van der Waals surface area contributed by atoms with Crippen molar-refractivity contribution >= 4 is 15.9 Å². The maximum Gasteiger partial charge on any atom is 0.123 e. The molecule has 0 radical (unpaired) electrons. The van der Waals surface area contributed by atoms with Gasteiger partial charge in [0, 0.05) is 4.47 Å². The molecule has 2 rings (SSSR count). The van der Waals surface area contributed by atoms with Crippen molar-refractivity contribution in [2.45, 2.75) is 32.3 Å². The maximum atomic E-state index is 13.1. The molecule has 1 aromatic rings. The molecule has 1 N–H and O–H groups in total. The lowest BCUT2D eigenvalue weighted by atomic mass is 9.94. The number of hydrogen-bond donors (Lipinski definition) is 1. The first-order valence-corrected chi connectivity index (χ1v) is 6.49. The molecule has 1 fully saturated rings. The minimum absolute atomic E-state index is 0.246. The molecule has 0 saturated heterocycles. The first-order valence-electron chi connectivity index (χ1n) is 5.70. The van der Waals surface area contributed by atoms with E-state index in [-0.39, 0.29) is 11.9 Å². The van der Waals surface area contributed by atoms with Crippen LogP contribution in [0.3, 0.4) is 0 Å². The van der Waals surface area contributed by atoms with Crippen LogP contribution < -0.4 is 0 Å². The molecule has 1 aliphatic rings. The number of benzene rings is 1. The summed E-state index contributed by atoms with van der Waals surface area (Å²) in [7, 11) is 0. The van der Waals surface area contributed by atoms with Crippen LogP contribution in [0.4, 0.5) is 4.39 Å². The van der Waals surface area contributed by atoms with Crippen molar-refractivity contribution in [3.05, 3.63) is 34.1 Å². The molecular weight excluding hydrogens is 271 g/mol. The molecule has 88 valence electrons. The summed E-state index contributed by atoms with van der Waals surface area (Å²) in [6.07, 6.45) is 2.60. The van der Waals surface area contributed by atoms with Gasteiger partial charge in [0.1, 0.15) is 5.82 Å². The van der Waals surface area contributed by atoms with Crippen molar-refractivity contribution in [1.29, 1.82) is 0 Å². The maximum absolute atomic E-state index is 13.1. The summed E-state index contributed by atoms with van der Waals surface area (Å²) in [5.74, 6) is 0.738. The monoisotopic (exact) mass is 286 g/mol. The van der Waals surface area contributed by atoms with E-state index in [1.807, 2.05) is 0 Å². The van der Waals surface area contributed by atoms with Crippen LogP contribution in [0.25, 0.3) is 0 Å². The molecule has 0 spiro atoms. The third-order valence-corrected chi connectivity index (χ3v) is 4.18. The first kappa shape index (κ1) is 12.1. The van der Waals surface area contributed by atoms with E-state index in [4.69, 9.17) is 0 Å². The summed E-state index contributed by atoms with van der Waals surface area (Å²) in [6.45, 7) is 2.08. The fourth-order valence-corrected chi connectivity index (χ4v) is 2.46. The molecule has 0 amide bonds. The second-order valence-corrected chi connectivity index (χ2v) is 5.56.